The van der Waals surface area contributed by atoms with Gasteiger partial charge in [0.1, 0.15) is 5.82 Å². The summed E-state index contributed by atoms with van der Waals surface area (Å²) in [6, 6.07) is 4.90. The Bertz CT molecular complexity index is 367. The molecule has 0 fully saturated rings. The summed E-state index contributed by atoms with van der Waals surface area (Å²) in [4.78, 5) is 0. The molecular formula is C14H21BrFN. The lowest BCUT2D eigenvalue weighted by Gasteiger charge is -2.29. The van der Waals surface area contributed by atoms with Gasteiger partial charge in [-0.2, -0.15) is 0 Å². The number of hydrogen-bond acceptors (Lipinski definition) is 1. The van der Waals surface area contributed by atoms with Crippen LogP contribution in [0.1, 0.15) is 32.8 Å². The van der Waals surface area contributed by atoms with Gasteiger partial charge in [0.25, 0.3) is 0 Å². The first-order valence-electron chi connectivity index (χ1n) is 6.15. The maximum Gasteiger partial charge on any atom is 0.123 e. The van der Waals surface area contributed by atoms with E-state index < -0.39 is 0 Å². The van der Waals surface area contributed by atoms with E-state index in [4.69, 9.17) is 0 Å². The van der Waals surface area contributed by atoms with Crippen molar-refractivity contribution in [2.24, 2.45) is 5.41 Å². The fourth-order valence-corrected chi connectivity index (χ4v) is 2.26. The molecular weight excluding hydrogens is 281 g/mol. The van der Waals surface area contributed by atoms with Crippen LogP contribution in [0.25, 0.3) is 0 Å². The van der Waals surface area contributed by atoms with Crippen LogP contribution in [0.15, 0.2) is 22.7 Å². The lowest BCUT2D eigenvalue weighted by Crippen LogP contribution is -2.33. The quantitative estimate of drug-likeness (QED) is 0.832. The van der Waals surface area contributed by atoms with Gasteiger partial charge in [0.15, 0.2) is 0 Å². The smallest absolute Gasteiger partial charge is 0.123 e. The van der Waals surface area contributed by atoms with Gasteiger partial charge in [0, 0.05) is 11.0 Å². The van der Waals surface area contributed by atoms with Gasteiger partial charge in [-0.1, -0.05) is 36.7 Å². The molecule has 0 saturated heterocycles. The van der Waals surface area contributed by atoms with E-state index >= 15 is 0 Å². The summed E-state index contributed by atoms with van der Waals surface area (Å²) in [6.07, 6.45) is 1.96. The highest BCUT2D eigenvalue weighted by molar-refractivity contribution is 9.10. The summed E-state index contributed by atoms with van der Waals surface area (Å²) < 4.78 is 14.2. The first-order valence-corrected chi connectivity index (χ1v) is 6.94. The summed E-state index contributed by atoms with van der Waals surface area (Å²) >= 11 is 3.49. The first kappa shape index (κ1) is 14.7. The number of halogens is 2. The third-order valence-corrected chi connectivity index (χ3v) is 4.05. The van der Waals surface area contributed by atoms with Crippen molar-refractivity contribution in [2.45, 2.75) is 33.6 Å². The molecule has 96 valence electrons. The Balaban J connectivity index is 2.82. The second-order valence-electron chi connectivity index (χ2n) is 4.86. The molecule has 0 saturated carbocycles. The van der Waals surface area contributed by atoms with E-state index in [-0.39, 0.29) is 11.2 Å². The molecule has 1 aromatic carbocycles. The minimum atomic E-state index is -0.162. The van der Waals surface area contributed by atoms with Crippen LogP contribution in [0.3, 0.4) is 0 Å². The SMILES string of the molecule is CCNCC(C)(CC)Cc1cc(F)ccc1Br. The average Bonchev–Trinajstić information content (AvgIpc) is 2.31. The molecule has 0 spiro atoms. The van der Waals surface area contributed by atoms with Crippen LogP contribution in [-0.4, -0.2) is 13.1 Å². The Labute approximate surface area is 112 Å². The second-order valence-corrected chi connectivity index (χ2v) is 5.71. The highest BCUT2D eigenvalue weighted by Crippen LogP contribution is 2.29. The highest BCUT2D eigenvalue weighted by Gasteiger charge is 2.23. The Hall–Kier alpha value is -0.410. The van der Waals surface area contributed by atoms with Gasteiger partial charge in [-0.15, -0.1) is 0 Å². The zero-order valence-corrected chi connectivity index (χ0v) is 12.4. The fourth-order valence-electron chi connectivity index (χ4n) is 1.88. The predicted octanol–water partition coefficient (Wildman–Crippen LogP) is 4.16. The standard InChI is InChI=1S/C14H21BrFN/c1-4-14(3,10-17-5-2)9-11-8-12(16)6-7-13(11)15/h6-8,17H,4-5,9-10H2,1-3H3. The van der Waals surface area contributed by atoms with Gasteiger partial charge in [-0.05, 0) is 48.6 Å². The third-order valence-electron chi connectivity index (χ3n) is 3.28. The molecule has 17 heavy (non-hydrogen) atoms. The van der Waals surface area contributed by atoms with Crippen molar-refractivity contribution < 1.29 is 4.39 Å². The van der Waals surface area contributed by atoms with Gasteiger partial charge in [-0.25, -0.2) is 4.39 Å². The molecule has 3 heteroatoms. The van der Waals surface area contributed by atoms with Gasteiger partial charge < -0.3 is 5.32 Å². The van der Waals surface area contributed by atoms with E-state index in [1.54, 1.807) is 12.1 Å². The van der Waals surface area contributed by atoms with E-state index in [0.717, 1.165) is 36.0 Å². The van der Waals surface area contributed by atoms with Crippen molar-refractivity contribution in [2.75, 3.05) is 13.1 Å². The van der Waals surface area contributed by atoms with E-state index in [2.05, 4.69) is 42.0 Å². The van der Waals surface area contributed by atoms with Crippen molar-refractivity contribution in [3.05, 3.63) is 34.1 Å². The maximum absolute atomic E-state index is 13.2. The molecule has 0 amide bonds. The number of nitrogens with one attached hydrogen (secondary N) is 1. The molecule has 1 atom stereocenters. The second kappa shape index (κ2) is 6.50. The minimum absolute atomic E-state index is 0.162. The summed E-state index contributed by atoms with van der Waals surface area (Å²) in [5, 5.41) is 3.39. The molecule has 0 heterocycles. The summed E-state index contributed by atoms with van der Waals surface area (Å²) in [7, 11) is 0. The molecule has 0 radical (unpaired) electrons. The van der Waals surface area contributed by atoms with Crippen molar-refractivity contribution in [3.63, 3.8) is 0 Å². The molecule has 0 aliphatic carbocycles. The zero-order chi connectivity index (χ0) is 12.9. The Morgan fingerprint density at radius 3 is 2.65 bits per heavy atom. The van der Waals surface area contributed by atoms with Crippen LogP contribution >= 0.6 is 15.9 Å². The lowest BCUT2D eigenvalue weighted by atomic mass is 9.81. The van der Waals surface area contributed by atoms with Crippen LogP contribution in [0.4, 0.5) is 4.39 Å². The Morgan fingerprint density at radius 1 is 1.35 bits per heavy atom. The van der Waals surface area contributed by atoms with Gasteiger partial charge in [0.2, 0.25) is 0 Å². The van der Waals surface area contributed by atoms with Crippen LogP contribution in [0.5, 0.6) is 0 Å². The molecule has 1 rings (SSSR count). The van der Waals surface area contributed by atoms with Crippen LogP contribution in [0.2, 0.25) is 0 Å². The van der Waals surface area contributed by atoms with E-state index in [9.17, 15) is 4.39 Å². The lowest BCUT2D eigenvalue weighted by molar-refractivity contribution is 0.292. The number of rotatable bonds is 6. The van der Waals surface area contributed by atoms with E-state index in [1.807, 2.05) is 0 Å². The third kappa shape index (κ3) is 4.40. The fraction of sp³-hybridized carbons (Fsp3) is 0.571. The summed E-state index contributed by atoms with van der Waals surface area (Å²) in [5.74, 6) is -0.162. The normalized spacial score (nSPS) is 14.6. The van der Waals surface area contributed by atoms with Gasteiger partial charge in [0.05, 0.1) is 0 Å². The molecule has 0 bridgehead atoms. The van der Waals surface area contributed by atoms with Crippen molar-refractivity contribution in [1.29, 1.82) is 0 Å². The molecule has 1 N–H and O–H groups in total. The average molecular weight is 302 g/mol. The van der Waals surface area contributed by atoms with Crippen molar-refractivity contribution in [1.82, 2.24) is 5.32 Å². The van der Waals surface area contributed by atoms with Crippen molar-refractivity contribution in [3.8, 4) is 0 Å². The van der Waals surface area contributed by atoms with E-state index in [0.29, 0.717) is 0 Å². The Morgan fingerprint density at radius 2 is 2.06 bits per heavy atom. The van der Waals surface area contributed by atoms with Crippen LogP contribution < -0.4 is 5.32 Å². The molecule has 1 unspecified atom stereocenters. The van der Waals surface area contributed by atoms with Gasteiger partial charge >= 0.3 is 0 Å². The highest BCUT2D eigenvalue weighted by atomic mass is 79.9. The number of benzene rings is 1. The summed E-state index contributed by atoms with van der Waals surface area (Å²) in [5.41, 5.74) is 1.22. The predicted molar refractivity (Wildman–Crippen MR) is 74.7 cm³/mol. The monoisotopic (exact) mass is 301 g/mol. The van der Waals surface area contributed by atoms with Crippen molar-refractivity contribution >= 4 is 15.9 Å². The Kier molecular flexibility index (Phi) is 5.60. The molecule has 1 nitrogen and oxygen atoms in total. The van der Waals surface area contributed by atoms with Gasteiger partial charge in [-0.3, -0.25) is 0 Å². The van der Waals surface area contributed by atoms with Crippen LogP contribution in [-0.2, 0) is 6.42 Å². The zero-order valence-electron chi connectivity index (χ0n) is 10.8. The molecule has 0 aliphatic rings. The molecule has 0 aromatic heterocycles. The summed E-state index contributed by atoms with van der Waals surface area (Å²) in [6.45, 7) is 8.47. The first-order chi connectivity index (χ1) is 8.00. The van der Waals surface area contributed by atoms with Crippen LogP contribution in [0, 0.1) is 11.2 Å². The number of hydrogen-bond donors (Lipinski definition) is 1. The largest absolute Gasteiger partial charge is 0.316 e. The van der Waals surface area contributed by atoms with E-state index in [1.165, 1.54) is 6.07 Å². The maximum atomic E-state index is 13.2. The molecule has 1 aromatic rings. The topological polar surface area (TPSA) is 12.0 Å². The molecule has 0 aliphatic heterocycles. The minimum Gasteiger partial charge on any atom is -0.316 e.